The van der Waals surface area contributed by atoms with Crippen LogP contribution in [0.25, 0.3) is 21.5 Å². The van der Waals surface area contributed by atoms with Gasteiger partial charge in [0.1, 0.15) is 0 Å². The third-order valence-corrected chi connectivity index (χ3v) is 4.36. The van der Waals surface area contributed by atoms with Gasteiger partial charge in [0.2, 0.25) is 0 Å². The Labute approximate surface area is 140 Å². The van der Waals surface area contributed by atoms with Crippen LogP contribution in [-0.2, 0) is 4.79 Å². The number of unbranched alkanes of at least 4 members (excludes halogenated alkanes) is 2. The molecule has 0 radical (unpaired) electrons. The summed E-state index contributed by atoms with van der Waals surface area (Å²) in [6.07, 6.45) is 2.76. The third kappa shape index (κ3) is 3.46. The molecule has 0 spiro atoms. The first-order chi connectivity index (χ1) is 11.7. The first kappa shape index (κ1) is 16.2. The number of Topliss-reactive ketones (excluding diaryl/α,β-unsaturated/α-hetero) is 1. The maximum absolute atomic E-state index is 12.7. The minimum absolute atomic E-state index is 0.132. The van der Waals surface area contributed by atoms with Crippen LogP contribution in [0.1, 0.15) is 42.5 Å². The molecule has 0 aromatic heterocycles. The lowest BCUT2D eigenvalue weighted by Crippen LogP contribution is -2.01. The van der Waals surface area contributed by atoms with E-state index in [1.807, 2.05) is 42.5 Å². The van der Waals surface area contributed by atoms with E-state index in [-0.39, 0.29) is 12.2 Å². The van der Waals surface area contributed by atoms with Crippen LogP contribution in [0.3, 0.4) is 0 Å². The third-order valence-electron chi connectivity index (χ3n) is 4.36. The molecule has 0 unspecified atom stereocenters. The van der Waals surface area contributed by atoms with E-state index in [2.05, 4.69) is 12.1 Å². The minimum Gasteiger partial charge on any atom is -0.481 e. The number of hydrogen-bond donors (Lipinski definition) is 1. The molecule has 0 amide bonds. The van der Waals surface area contributed by atoms with Gasteiger partial charge in [-0.1, -0.05) is 55.0 Å². The lowest BCUT2D eigenvalue weighted by atomic mass is 9.93. The maximum Gasteiger partial charge on any atom is 0.303 e. The van der Waals surface area contributed by atoms with Gasteiger partial charge in [0.15, 0.2) is 5.78 Å². The summed E-state index contributed by atoms with van der Waals surface area (Å²) in [5.74, 6) is -0.644. The van der Waals surface area contributed by atoms with E-state index in [0.717, 1.165) is 39.9 Å². The number of carbonyl (C=O) groups excluding carboxylic acids is 1. The van der Waals surface area contributed by atoms with Crippen molar-refractivity contribution in [3.05, 3.63) is 60.2 Å². The van der Waals surface area contributed by atoms with Gasteiger partial charge in [-0.05, 0) is 40.5 Å². The number of carboxylic acid groups (broad SMARTS) is 1. The summed E-state index contributed by atoms with van der Waals surface area (Å²) in [5.41, 5.74) is 0.766. The first-order valence-electron chi connectivity index (χ1n) is 8.32. The normalized spacial score (nSPS) is 11.0. The Bertz CT molecular complexity index is 896. The number of benzene rings is 3. The topological polar surface area (TPSA) is 54.4 Å². The molecule has 0 saturated carbocycles. The molecule has 3 nitrogen and oxygen atoms in total. The van der Waals surface area contributed by atoms with E-state index in [0.29, 0.717) is 12.8 Å². The molecule has 122 valence electrons. The van der Waals surface area contributed by atoms with Crippen molar-refractivity contribution in [2.75, 3.05) is 0 Å². The van der Waals surface area contributed by atoms with Crippen molar-refractivity contribution < 1.29 is 14.7 Å². The van der Waals surface area contributed by atoms with E-state index in [9.17, 15) is 9.59 Å². The Morgan fingerprint density at radius 1 is 0.750 bits per heavy atom. The molecule has 1 N–H and O–H groups in total. The van der Waals surface area contributed by atoms with Crippen LogP contribution >= 0.6 is 0 Å². The molecular formula is C21H20O3. The predicted molar refractivity (Wildman–Crippen MR) is 96.5 cm³/mol. The van der Waals surface area contributed by atoms with Gasteiger partial charge in [-0.3, -0.25) is 9.59 Å². The van der Waals surface area contributed by atoms with Crippen LogP contribution in [0.4, 0.5) is 0 Å². The highest BCUT2D eigenvalue weighted by atomic mass is 16.4. The zero-order chi connectivity index (χ0) is 16.9. The molecule has 0 atom stereocenters. The van der Waals surface area contributed by atoms with Gasteiger partial charge < -0.3 is 5.11 Å². The van der Waals surface area contributed by atoms with Crippen molar-refractivity contribution in [3.8, 4) is 0 Å². The zero-order valence-corrected chi connectivity index (χ0v) is 13.5. The number of carboxylic acids is 1. The van der Waals surface area contributed by atoms with Crippen LogP contribution in [0, 0.1) is 0 Å². The van der Waals surface area contributed by atoms with Crippen molar-refractivity contribution in [3.63, 3.8) is 0 Å². The maximum atomic E-state index is 12.7. The molecule has 0 bridgehead atoms. The number of ketones is 1. The fourth-order valence-electron chi connectivity index (χ4n) is 3.16. The fourth-order valence-corrected chi connectivity index (χ4v) is 3.16. The standard InChI is InChI=1S/C21H20O3/c22-20(12-2-1-3-13-21(23)24)19-14-15-8-4-5-9-16(15)17-10-6-7-11-18(17)19/h4-11,14H,1-3,12-13H2,(H,23,24). The second-order valence-electron chi connectivity index (χ2n) is 6.07. The summed E-state index contributed by atoms with van der Waals surface area (Å²) in [5, 5.41) is 13.0. The molecule has 0 aliphatic heterocycles. The van der Waals surface area contributed by atoms with Crippen molar-refractivity contribution >= 4 is 33.3 Å². The van der Waals surface area contributed by atoms with E-state index >= 15 is 0 Å². The van der Waals surface area contributed by atoms with Crippen LogP contribution in [-0.4, -0.2) is 16.9 Å². The lowest BCUT2D eigenvalue weighted by Gasteiger charge is -2.10. The molecule has 3 aromatic carbocycles. The number of fused-ring (bicyclic) bond motifs is 3. The second-order valence-corrected chi connectivity index (χ2v) is 6.07. The van der Waals surface area contributed by atoms with Crippen LogP contribution in [0.2, 0.25) is 0 Å². The van der Waals surface area contributed by atoms with Crippen molar-refractivity contribution in [1.82, 2.24) is 0 Å². The molecule has 3 heteroatoms. The Morgan fingerprint density at radius 3 is 2.12 bits per heavy atom. The molecule has 0 aliphatic rings. The Balaban J connectivity index is 1.85. The summed E-state index contributed by atoms with van der Waals surface area (Å²) < 4.78 is 0. The smallest absolute Gasteiger partial charge is 0.303 e. The highest BCUT2D eigenvalue weighted by Crippen LogP contribution is 2.29. The lowest BCUT2D eigenvalue weighted by molar-refractivity contribution is -0.137. The average Bonchev–Trinajstić information content (AvgIpc) is 2.60. The Hall–Kier alpha value is -2.68. The average molecular weight is 320 g/mol. The Kier molecular flexibility index (Phi) is 4.90. The van der Waals surface area contributed by atoms with Crippen molar-refractivity contribution in [2.45, 2.75) is 32.1 Å². The molecule has 0 heterocycles. The van der Waals surface area contributed by atoms with Crippen molar-refractivity contribution in [1.29, 1.82) is 0 Å². The van der Waals surface area contributed by atoms with E-state index in [4.69, 9.17) is 5.11 Å². The number of hydrogen-bond acceptors (Lipinski definition) is 2. The van der Waals surface area contributed by atoms with E-state index in [1.54, 1.807) is 0 Å². The van der Waals surface area contributed by atoms with Crippen LogP contribution in [0.5, 0.6) is 0 Å². The summed E-state index contributed by atoms with van der Waals surface area (Å²) >= 11 is 0. The van der Waals surface area contributed by atoms with Crippen LogP contribution in [0.15, 0.2) is 54.6 Å². The quantitative estimate of drug-likeness (QED) is 0.369. The highest BCUT2D eigenvalue weighted by Gasteiger charge is 2.12. The molecule has 0 aliphatic carbocycles. The van der Waals surface area contributed by atoms with Crippen LogP contribution < -0.4 is 0 Å². The molecule has 24 heavy (non-hydrogen) atoms. The molecule has 0 saturated heterocycles. The largest absolute Gasteiger partial charge is 0.481 e. The monoisotopic (exact) mass is 320 g/mol. The fraction of sp³-hybridized carbons (Fsp3) is 0.238. The number of aliphatic carboxylic acids is 1. The number of carbonyl (C=O) groups is 2. The van der Waals surface area contributed by atoms with Gasteiger partial charge in [0, 0.05) is 18.4 Å². The van der Waals surface area contributed by atoms with Gasteiger partial charge >= 0.3 is 5.97 Å². The summed E-state index contributed by atoms with van der Waals surface area (Å²) in [7, 11) is 0. The Morgan fingerprint density at radius 2 is 1.38 bits per heavy atom. The van der Waals surface area contributed by atoms with E-state index < -0.39 is 5.97 Å². The minimum atomic E-state index is -0.776. The summed E-state index contributed by atoms with van der Waals surface area (Å²) in [6.45, 7) is 0. The summed E-state index contributed by atoms with van der Waals surface area (Å²) in [6, 6.07) is 18.1. The van der Waals surface area contributed by atoms with Gasteiger partial charge in [0.05, 0.1) is 0 Å². The SMILES string of the molecule is O=C(O)CCCCCC(=O)c1cc2ccccc2c2ccccc12. The zero-order valence-electron chi connectivity index (χ0n) is 13.5. The number of rotatable bonds is 7. The molecule has 0 fully saturated rings. The van der Waals surface area contributed by atoms with Gasteiger partial charge in [-0.15, -0.1) is 0 Å². The molecular weight excluding hydrogens is 300 g/mol. The predicted octanol–water partition coefficient (Wildman–Crippen LogP) is 5.21. The molecule has 3 rings (SSSR count). The van der Waals surface area contributed by atoms with Crippen molar-refractivity contribution in [2.24, 2.45) is 0 Å². The van der Waals surface area contributed by atoms with E-state index in [1.165, 1.54) is 0 Å². The van der Waals surface area contributed by atoms with Gasteiger partial charge in [-0.25, -0.2) is 0 Å². The molecule has 3 aromatic rings. The summed E-state index contributed by atoms with van der Waals surface area (Å²) in [4.78, 5) is 23.2. The second kappa shape index (κ2) is 7.26. The van der Waals surface area contributed by atoms with Gasteiger partial charge in [0.25, 0.3) is 0 Å². The van der Waals surface area contributed by atoms with Gasteiger partial charge in [-0.2, -0.15) is 0 Å². The highest BCUT2D eigenvalue weighted by molar-refractivity contribution is 6.17. The first-order valence-corrected chi connectivity index (χ1v) is 8.32.